The predicted molar refractivity (Wildman–Crippen MR) is 93.3 cm³/mol. The van der Waals surface area contributed by atoms with Crippen molar-refractivity contribution >= 4 is 5.97 Å². The van der Waals surface area contributed by atoms with Gasteiger partial charge in [-0.3, -0.25) is 0 Å². The van der Waals surface area contributed by atoms with Gasteiger partial charge in [0.1, 0.15) is 0 Å². The first-order valence-corrected chi connectivity index (χ1v) is 9.46. The third-order valence-corrected chi connectivity index (χ3v) is 4.25. The summed E-state index contributed by atoms with van der Waals surface area (Å²) in [7, 11) is 0. The molecule has 22 heavy (non-hydrogen) atoms. The van der Waals surface area contributed by atoms with Crippen LogP contribution in [0.4, 0.5) is 0 Å². The highest BCUT2D eigenvalue weighted by molar-refractivity contribution is 5.71. The lowest BCUT2D eigenvalue weighted by Gasteiger charge is -2.15. The summed E-state index contributed by atoms with van der Waals surface area (Å²) in [6.45, 7) is 5.83. The predicted octanol–water partition coefficient (Wildman–Crippen LogP) is 5.96. The Morgan fingerprint density at radius 3 is 1.64 bits per heavy atom. The van der Waals surface area contributed by atoms with Gasteiger partial charge in [0.25, 0.3) is 0 Å². The highest BCUT2D eigenvalue weighted by Crippen LogP contribution is 2.14. The fourth-order valence-electron chi connectivity index (χ4n) is 2.75. The van der Waals surface area contributed by atoms with Gasteiger partial charge in [-0.2, -0.15) is 0 Å². The molecule has 0 heterocycles. The highest BCUT2D eigenvalue weighted by Gasteiger charge is 2.14. The highest BCUT2D eigenvalue weighted by atomic mass is 16.5. The number of carboxylic acid groups (broad SMARTS) is 1. The summed E-state index contributed by atoms with van der Waals surface area (Å²) in [5.74, 6) is -0.874. The average molecular weight is 315 g/mol. The van der Waals surface area contributed by atoms with Crippen molar-refractivity contribution < 1.29 is 14.6 Å². The molecule has 0 amide bonds. The lowest BCUT2D eigenvalue weighted by molar-refractivity contribution is -0.152. The summed E-state index contributed by atoms with van der Waals surface area (Å²) in [6, 6.07) is 0. The maximum atomic E-state index is 10.7. The minimum absolute atomic E-state index is 0.0502. The number of hydrogen-bond donors (Lipinski definition) is 1. The van der Waals surface area contributed by atoms with E-state index in [-0.39, 0.29) is 6.10 Å². The largest absolute Gasteiger partial charge is 0.479 e. The van der Waals surface area contributed by atoms with Crippen LogP contribution in [0.2, 0.25) is 0 Å². The fourth-order valence-corrected chi connectivity index (χ4v) is 2.75. The molecule has 2 atom stereocenters. The zero-order valence-electron chi connectivity index (χ0n) is 15.1. The van der Waals surface area contributed by atoms with Crippen molar-refractivity contribution in [3.05, 3.63) is 0 Å². The van der Waals surface area contributed by atoms with E-state index in [9.17, 15) is 4.79 Å². The Kier molecular flexibility index (Phi) is 14.9. The Bertz CT molecular complexity index is 253. The first-order valence-electron chi connectivity index (χ1n) is 9.46. The minimum Gasteiger partial charge on any atom is -0.479 e. The van der Waals surface area contributed by atoms with Crippen LogP contribution in [0.15, 0.2) is 0 Å². The molecule has 2 unspecified atom stereocenters. The number of carboxylic acids is 1. The van der Waals surface area contributed by atoms with E-state index >= 15 is 0 Å². The van der Waals surface area contributed by atoms with E-state index < -0.39 is 12.1 Å². The summed E-state index contributed by atoms with van der Waals surface area (Å²) in [6.07, 6.45) is 16.5. The molecule has 1 N–H and O–H groups in total. The van der Waals surface area contributed by atoms with Crippen LogP contribution in [0.3, 0.4) is 0 Å². The molecular formula is C19H38O3. The van der Waals surface area contributed by atoms with Crippen LogP contribution >= 0.6 is 0 Å². The van der Waals surface area contributed by atoms with Crippen LogP contribution < -0.4 is 0 Å². The maximum Gasteiger partial charge on any atom is 0.332 e. The smallest absolute Gasteiger partial charge is 0.332 e. The molecule has 0 radical (unpaired) electrons. The molecule has 0 fully saturated rings. The number of unbranched alkanes of at least 4 members (excludes halogenated alkanes) is 11. The van der Waals surface area contributed by atoms with Gasteiger partial charge >= 0.3 is 5.97 Å². The number of ether oxygens (including phenoxy) is 1. The Labute approximate surface area is 137 Å². The third kappa shape index (κ3) is 14.4. The lowest BCUT2D eigenvalue weighted by Crippen LogP contribution is -2.24. The van der Waals surface area contributed by atoms with Crippen molar-refractivity contribution in [3.63, 3.8) is 0 Å². The molecule has 3 nitrogen and oxygen atoms in total. The van der Waals surface area contributed by atoms with Gasteiger partial charge in [-0.1, -0.05) is 84.0 Å². The number of aliphatic carboxylic acids is 1. The molecule has 0 aromatic rings. The molecule has 3 heteroatoms. The third-order valence-electron chi connectivity index (χ3n) is 4.25. The van der Waals surface area contributed by atoms with Gasteiger partial charge in [-0.05, 0) is 20.3 Å². The first-order chi connectivity index (χ1) is 10.6. The summed E-state index contributed by atoms with van der Waals surface area (Å²) < 4.78 is 5.41. The van der Waals surface area contributed by atoms with E-state index in [1.54, 1.807) is 6.92 Å². The van der Waals surface area contributed by atoms with Gasteiger partial charge in [-0.15, -0.1) is 0 Å². The van der Waals surface area contributed by atoms with Gasteiger partial charge in [0.05, 0.1) is 6.10 Å². The molecule has 0 aliphatic carbocycles. The molecule has 0 aliphatic heterocycles. The first kappa shape index (κ1) is 21.4. The van der Waals surface area contributed by atoms with Crippen molar-refractivity contribution in [3.8, 4) is 0 Å². The number of carbonyl (C=O) groups is 1. The summed E-state index contributed by atoms with van der Waals surface area (Å²) in [4.78, 5) is 10.7. The Morgan fingerprint density at radius 2 is 1.23 bits per heavy atom. The molecule has 0 aromatic carbocycles. The average Bonchev–Trinajstić information content (AvgIpc) is 2.48. The molecule has 0 aliphatic rings. The van der Waals surface area contributed by atoms with Gasteiger partial charge in [0, 0.05) is 0 Å². The van der Waals surface area contributed by atoms with Crippen molar-refractivity contribution in [2.24, 2.45) is 0 Å². The standard InChI is InChI=1S/C19H38O3/c1-4-5-6-7-8-9-10-11-12-13-14-15-16-17(2)22-18(3)19(20)21/h17-18H,4-16H2,1-3H3,(H,20,21). The molecule has 0 saturated carbocycles. The van der Waals surface area contributed by atoms with Crippen LogP contribution in [0.25, 0.3) is 0 Å². The molecule has 0 saturated heterocycles. The van der Waals surface area contributed by atoms with E-state index in [0.717, 1.165) is 12.8 Å². The molecule has 0 aromatic heterocycles. The van der Waals surface area contributed by atoms with Crippen molar-refractivity contribution in [1.29, 1.82) is 0 Å². The van der Waals surface area contributed by atoms with Crippen molar-refractivity contribution in [1.82, 2.24) is 0 Å². The van der Waals surface area contributed by atoms with E-state index in [1.807, 2.05) is 6.92 Å². The van der Waals surface area contributed by atoms with Gasteiger partial charge in [-0.25, -0.2) is 4.79 Å². The second-order valence-electron chi connectivity index (χ2n) is 6.60. The summed E-state index contributed by atoms with van der Waals surface area (Å²) in [5, 5.41) is 8.78. The Balaban J connectivity index is 3.21. The lowest BCUT2D eigenvalue weighted by atomic mass is 10.0. The van der Waals surface area contributed by atoms with E-state index in [0.29, 0.717) is 0 Å². The topological polar surface area (TPSA) is 46.5 Å². The summed E-state index contributed by atoms with van der Waals surface area (Å²) in [5.41, 5.74) is 0. The van der Waals surface area contributed by atoms with Gasteiger partial charge in [0.2, 0.25) is 0 Å². The normalized spacial score (nSPS) is 14.0. The molecule has 0 bridgehead atoms. The maximum absolute atomic E-state index is 10.7. The van der Waals surface area contributed by atoms with Gasteiger partial charge in [0.15, 0.2) is 6.10 Å². The van der Waals surface area contributed by atoms with Crippen LogP contribution in [-0.4, -0.2) is 23.3 Å². The zero-order valence-corrected chi connectivity index (χ0v) is 15.1. The zero-order chi connectivity index (χ0) is 16.6. The second kappa shape index (κ2) is 15.3. The molecule has 0 spiro atoms. The minimum atomic E-state index is -0.874. The van der Waals surface area contributed by atoms with E-state index in [2.05, 4.69) is 6.92 Å². The number of hydrogen-bond acceptors (Lipinski definition) is 2. The van der Waals surface area contributed by atoms with Crippen LogP contribution in [-0.2, 0) is 9.53 Å². The monoisotopic (exact) mass is 314 g/mol. The SMILES string of the molecule is CCCCCCCCCCCCCCC(C)OC(C)C(=O)O. The van der Waals surface area contributed by atoms with E-state index in [4.69, 9.17) is 9.84 Å². The van der Waals surface area contributed by atoms with Crippen molar-refractivity contribution in [2.45, 2.75) is 116 Å². The molecular weight excluding hydrogens is 276 g/mol. The van der Waals surface area contributed by atoms with Gasteiger partial charge < -0.3 is 9.84 Å². The second-order valence-corrected chi connectivity index (χ2v) is 6.60. The summed E-state index contributed by atoms with van der Waals surface area (Å²) >= 11 is 0. The van der Waals surface area contributed by atoms with E-state index in [1.165, 1.54) is 70.6 Å². The quantitative estimate of drug-likeness (QED) is 0.358. The molecule has 132 valence electrons. The Hall–Kier alpha value is -0.570. The van der Waals surface area contributed by atoms with Crippen LogP contribution in [0.5, 0.6) is 0 Å². The van der Waals surface area contributed by atoms with Crippen molar-refractivity contribution in [2.75, 3.05) is 0 Å². The number of rotatable bonds is 16. The Morgan fingerprint density at radius 1 is 0.818 bits per heavy atom. The molecule has 0 rings (SSSR count). The van der Waals surface area contributed by atoms with Crippen LogP contribution in [0, 0.1) is 0 Å². The van der Waals surface area contributed by atoms with Crippen LogP contribution in [0.1, 0.15) is 104 Å². The fraction of sp³-hybridized carbons (Fsp3) is 0.947.